The summed E-state index contributed by atoms with van der Waals surface area (Å²) in [5.41, 5.74) is 1.43. The van der Waals surface area contributed by atoms with Crippen LogP contribution in [0.3, 0.4) is 0 Å². The lowest BCUT2D eigenvalue weighted by Gasteiger charge is -2.33. The van der Waals surface area contributed by atoms with E-state index in [0.29, 0.717) is 23.9 Å². The van der Waals surface area contributed by atoms with Gasteiger partial charge in [0.15, 0.2) is 0 Å². The number of carbonyl (C=O) groups is 2. The Morgan fingerprint density at radius 1 is 1.18 bits per heavy atom. The van der Waals surface area contributed by atoms with Crippen LogP contribution in [0.2, 0.25) is 0 Å². The van der Waals surface area contributed by atoms with Gasteiger partial charge in [-0.15, -0.1) is 0 Å². The van der Waals surface area contributed by atoms with Gasteiger partial charge in [0.1, 0.15) is 0 Å². The fourth-order valence-corrected chi connectivity index (χ4v) is 4.44. The zero-order chi connectivity index (χ0) is 20.1. The molecule has 1 aromatic carbocycles. The fraction of sp³-hybridized carbons (Fsp3) is 0.636. The van der Waals surface area contributed by atoms with Crippen molar-refractivity contribution in [2.24, 2.45) is 5.92 Å². The lowest BCUT2D eigenvalue weighted by molar-refractivity contribution is -0.133. The molecule has 2 heterocycles. The lowest BCUT2D eigenvalue weighted by atomic mass is 9.89. The molecule has 2 aliphatic rings. The first-order chi connectivity index (χ1) is 13.4. The van der Waals surface area contributed by atoms with Gasteiger partial charge in [-0.3, -0.25) is 4.79 Å². The summed E-state index contributed by atoms with van der Waals surface area (Å²) in [7, 11) is 4.29. The molecule has 2 fully saturated rings. The third-order valence-corrected chi connectivity index (χ3v) is 6.33. The van der Waals surface area contributed by atoms with Crippen LogP contribution in [-0.2, 0) is 11.2 Å². The SMILES string of the molecule is CN1CC[C@H](N(C)CCC(=O)N2CCC(Cc3cccc(C(=O)O)c3)CC2)C1. The first-order valence-electron chi connectivity index (χ1n) is 10.4. The number of carboxylic acid groups (broad SMARTS) is 1. The maximum atomic E-state index is 12.6. The van der Waals surface area contributed by atoms with E-state index in [1.54, 1.807) is 12.1 Å². The van der Waals surface area contributed by atoms with Crippen LogP contribution in [0.15, 0.2) is 24.3 Å². The Bertz CT molecular complexity index is 685. The summed E-state index contributed by atoms with van der Waals surface area (Å²) in [6.07, 6.45) is 4.66. The number of nitrogens with zero attached hydrogens (tertiary/aromatic N) is 3. The zero-order valence-electron chi connectivity index (χ0n) is 17.1. The monoisotopic (exact) mass is 387 g/mol. The topological polar surface area (TPSA) is 64.1 Å². The molecular formula is C22H33N3O3. The first-order valence-corrected chi connectivity index (χ1v) is 10.4. The van der Waals surface area contributed by atoms with Crippen molar-refractivity contribution in [1.82, 2.24) is 14.7 Å². The van der Waals surface area contributed by atoms with Crippen molar-refractivity contribution in [1.29, 1.82) is 0 Å². The molecule has 3 rings (SSSR count). The predicted octanol–water partition coefficient (Wildman–Crippen LogP) is 2.19. The number of likely N-dealkylation sites (tertiary alicyclic amines) is 2. The van der Waals surface area contributed by atoms with E-state index in [9.17, 15) is 9.59 Å². The molecule has 0 aromatic heterocycles. The maximum absolute atomic E-state index is 12.6. The van der Waals surface area contributed by atoms with Gasteiger partial charge in [0.2, 0.25) is 5.91 Å². The summed E-state index contributed by atoms with van der Waals surface area (Å²) < 4.78 is 0. The Hall–Kier alpha value is -1.92. The second-order valence-electron chi connectivity index (χ2n) is 8.47. The Balaban J connectivity index is 1.40. The number of aromatic carboxylic acids is 1. The summed E-state index contributed by atoms with van der Waals surface area (Å²) >= 11 is 0. The molecule has 6 nitrogen and oxygen atoms in total. The highest BCUT2D eigenvalue weighted by atomic mass is 16.4. The smallest absolute Gasteiger partial charge is 0.335 e. The molecule has 2 aliphatic heterocycles. The molecule has 1 aromatic rings. The van der Waals surface area contributed by atoms with Crippen LogP contribution in [-0.4, -0.2) is 84.5 Å². The normalized spacial score (nSPS) is 21.4. The number of rotatable bonds is 7. The van der Waals surface area contributed by atoms with Crippen LogP contribution in [0.4, 0.5) is 0 Å². The molecule has 1 atom stereocenters. The van der Waals surface area contributed by atoms with Gasteiger partial charge in [-0.05, 0) is 69.9 Å². The van der Waals surface area contributed by atoms with E-state index in [4.69, 9.17) is 5.11 Å². The van der Waals surface area contributed by atoms with E-state index in [1.807, 2.05) is 17.0 Å². The zero-order valence-corrected chi connectivity index (χ0v) is 17.1. The summed E-state index contributed by atoms with van der Waals surface area (Å²) in [5.74, 6) is -0.0918. The number of likely N-dealkylation sites (N-methyl/N-ethyl adjacent to an activating group) is 2. The number of amides is 1. The molecule has 2 saturated heterocycles. The van der Waals surface area contributed by atoms with Crippen molar-refractivity contribution >= 4 is 11.9 Å². The van der Waals surface area contributed by atoms with Gasteiger partial charge in [-0.1, -0.05) is 12.1 Å². The first kappa shape index (κ1) is 20.8. The van der Waals surface area contributed by atoms with Gasteiger partial charge in [0, 0.05) is 38.6 Å². The molecule has 0 saturated carbocycles. The minimum Gasteiger partial charge on any atom is -0.478 e. The average molecular weight is 388 g/mol. The molecule has 0 aliphatic carbocycles. The average Bonchev–Trinajstić information content (AvgIpc) is 3.13. The third kappa shape index (κ3) is 5.55. The summed E-state index contributed by atoms with van der Waals surface area (Å²) in [5, 5.41) is 9.13. The predicted molar refractivity (Wildman–Crippen MR) is 110 cm³/mol. The minimum absolute atomic E-state index is 0.268. The van der Waals surface area contributed by atoms with E-state index in [1.165, 1.54) is 6.42 Å². The van der Waals surface area contributed by atoms with Crippen LogP contribution < -0.4 is 0 Å². The van der Waals surface area contributed by atoms with Gasteiger partial charge in [-0.25, -0.2) is 4.79 Å². The summed E-state index contributed by atoms with van der Waals surface area (Å²) in [4.78, 5) is 30.4. The standard InChI is InChI=1S/C22H33N3O3/c1-23-10-8-20(16-23)24(2)11-9-21(26)25-12-6-17(7-13-25)14-18-4-3-5-19(15-18)22(27)28/h3-5,15,17,20H,6-14,16H2,1-2H3,(H,27,28)/t20-/m0/s1. The molecule has 1 amide bonds. The highest BCUT2D eigenvalue weighted by Crippen LogP contribution is 2.23. The van der Waals surface area contributed by atoms with Gasteiger partial charge in [-0.2, -0.15) is 0 Å². The lowest BCUT2D eigenvalue weighted by Crippen LogP contribution is -2.41. The van der Waals surface area contributed by atoms with Crippen molar-refractivity contribution in [3.05, 3.63) is 35.4 Å². The van der Waals surface area contributed by atoms with Gasteiger partial charge >= 0.3 is 5.97 Å². The van der Waals surface area contributed by atoms with E-state index >= 15 is 0 Å². The summed E-state index contributed by atoms with van der Waals surface area (Å²) in [6, 6.07) is 7.80. The Kier molecular flexibility index (Phi) is 7.08. The Morgan fingerprint density at radius 3 is 2.57 bits per heavy atom. The minimum atomic E-state index is -0.878. The highest BCUT2D eigenvalue weighted by molar-refractivity contribution is 5.87. The van der Waals surface area contributed by atoms with E-state index in [0.717, 1.165) is 57.5 Å². The van der Waals surface area contributed by atoms with Crippen molar-refractivity contribution in [2.75, 3.05) is 46.8 Å². The molecular weight excluding hydrogens is 354 g/mol. The van der Waals surface area contributed by atoms with E-state index in [-0.39, 0.29) is 5.91 Å². The second kappa shape index (κ2) is 9.52. The molecule has 0 spiro atoms. The van der Waals surface area contributed by atoms with Crippen LogP contribution in [0.25, 0.3) is 0 Å². The van der Waals surface area contributed by atoms with Crippen molar-refractivity contribution in [2.45, 2.75) is 38.1 Å². The van der Waals surface area contributed by atoms with Crippen molar-refractivity contribution < 1.29 is 14.7 Å². The number of carbonyl (C=O) groups excluding carboxylic acids is 1. The second-order valence-corrected chi connectivity index (χ2v) is 8.47. The number of carboxylic acids is 1. The van der Waals surface area contributed by atoms with Gasteiger partial charge in [0.05, 0.1) is 5.56 Å². The van der Waals surface area contributed by atoms with E-state index < -0.39 is 5.97 Å². The molecule has 154 valence electrons. The fourth-order valence-electron chi connectivity index (χ4n) is 4.44. The Labute approximate surface area is 168 Å². The number of hydrogen-bond acceptors (Lipinski definition) is 4. The largest absolute Gasteiger partial charge is 0.478 e. The van der Waals surface area contributed by atoms with Crippen LogP contribution >= 0.6 is 0 Å². The number of piperidine rings is 1. The molecule has 1 N–H and O–H groups in total. The Morgan fingerprint density at radius 2 is 1.93 bits per heavy atom. The number of benzene rings is 1. The molecule has 0 bridgehead atoms. The quantitative estimate of drug-likeness (QED) is 0.777. The molecule has 0 unspecified atom stereocenters. The molecule has 0 radical (unpaired) electrons. The van der Waals surface area contributed by atoms with Crippen LogP contribution in [0.1, 0.15) is 41.6 Å². The van der Waals surface area contributed by atoms with Crippen LogP contribution in [0, 0.1) is 5.92 Å². The van der Waals surface area contributed by atoms with Crippen molar-refractivity contribution in [3.8, 4) is 0 Å². The molecule has 6 heteroatoms. The van der Waals surface area contributed by atoms with E-state index in [2.05, 4.69) is 23.9 Å². The summed E-state index contributed by atoms with van der Waals surface area (Å²) in [6.45, 7) is 4.71. The maximum Gasteiger partial charge on any atom is 0.335 e. The van der Waals surface area contributed by atoms with Crippen molar-refractivity contribution in [3.63, 3.8) is 0 Å². The van der Waals surface area contributed by atoms with Gasteiger partial charge in [0.25, 0.3) is 0 Å². The highest BCUT2D eigenvalue weighted by Gasteiger charge is 2.26. The van der Waals surface area contributed by atoms with Gasteiger partial charge < -0.3 is 19.8 Å². The van der Waals surface area contributed by atoms with Crippen LogP contribution in [0.5, 0.6) is 0 Å². The third-order valence-electron chi connectivity index (χ3n) is 6.33. The molecule has 28 heavy (non-hydrogen) atoms. The number of hydrogen-bond donors (Lipinski definition) is 1.